The average Bonchev–Trinajstić information content (AvgIpc) is 2.06. The van der Waals surface area contributed by atoms with Crippen LogP contribution in [0.1, 0.15) is 20.3 Å². The van der Waals surface area contributed by atoms with Crippen molar-refractivity contribution in [2.75, 3.05) is 32.7 Å². The Hall–Kier alpha value is 0.210. The Morgan fingerprint density at radius 1 is 1.50 bits per heavy atom. The fourth-order valence-electron chi connectivity index (χ4n) is 1.30. The number of nitrogens with zero attached hydrogens (tertiary/aromatic N) is 1. The van der Waals surface area contributed by atoms with Crippen LogP contribution in [0.4, 0.5) is 0 Å². The molecule has 0 aliphatic carbocycles. The maximum absolute atomic E-state index is 5.63. The second-order valence-corrected chi connectivity index (χ2v) is 3.35. The van der Waals surface area contributed by atoms with E-state index in [4.69, 9.17) is 16.3 Å². The number of alkyl halides is 1. The topological polar surface area (TPSA) is 12.5 Å². The Bertz CT molecular complexity index is 101. The number of halogens is 1. The highest BCUT2D eigenvalue weighted by Gasteiger charge is 2.10. The molecule has 0 spiro atoms. The van der Waals surface area contributed by atoms with Crippen LogP contribution >= 0.6 is 11.6 Å². The molecule has 0 aliphatic heterocycles. The number of methoxy groups -OCH3 is 1. The van der Waals surface area contributed by atoms with Gasteiger partial charge in [-0.25, -0.2) is 0 Å². The lowest BCUT2D eigenvalue weighted by Crippen LogP contribution is -2.36. The fraction of sp³-hybridized carbons (Fsp3) is 1.00. The number of hydrogen-bond acceptors (Lipinski definition) is 2. The maximum Gasteiger partial charge on any atom is 0.0615 e. The van der Waals surface area contributed by atoms with Gasteiger partial charge in [-0.15, -0.1) is 11.6 Å². The fourth-order valence-corrected chi connectivity index (χ4v) is 1.42. The Morgan fingerprint density at radius 2 is 2.17 bits per heavy atom. The van der Waals surface area contributed by atoms with Crippen LogP contribution in [-0.2, 0) is 4.74 Å². The van der Waals surface area contributed by atoms with Crippen molar-refractivity contribution < 1.29 is 4.74 Å². The van der Waals surface area contributed by atoms with Crippen LogP contribution in [-0.4, -0.2) is 43.6 Å². The molecule has 0 heterocycles. The molecule has 74 valence electrons. The van der Waals surface area contributed by atoms with E-state index in [0.29, 0.717) is 6.04 Å². The lowest BCUT2D eigenvalue weighted by molar-refractivity contribution is 0.103. The summed E-state index contributed by atoms with van der Waals surface area (Å²) in [7, 11) is 1.74. The van der Waals surface area contributed by atoms with Crippen molar-refractivity contribution in [2.24, 2.45) is 0 Å². The zero-order chi connectivity index (χ0) is 9.40. The summed E-state index contributed by atoms with van der Waals surface area (Å²) in [6, 6.07) is 0.503. The predicted molar refractivity (Wildman–Crippen MR) is 53.9 cm³/mol. The van der Waals surface area contributed by atoms with Gasteiger partial charge in [0.1, 0.15) is 0 Å². The van der Waals surface area contributed by atoms with Gasteiger partial charge >= 0.3 is 0 Å². The second-order valence-electron chi connectivity index (χ2n) is 2.98. The Morgan fingerprint density at radius 3 is 2.58 bits per heavy atom. The zero-order valence-corrected chi connectivity index (χ0v) is 9.10. The van der Waals surface area contributed by atoms with Crippen molar-refractivity contribution in [3.8, 4) is 0 Å². The molecule has 0 bridgehead atoms. The number of ether oxygens (including phenoxy) is 1. The summed E-state index contributed by atoms with van der Waals surface area (Å²) in [5.74, 6) is 0.746. The van der Waals surface area contributed by atoms with Gasteiger partial charge in [-0.2, -0.15) is 0 Å². The monoisotopic (exact) mass is 193 g/mol. The van der Waals surface area contributed by atoms with Crippen molar-refractivity contribution in [1.29, 1.82) is 0 Å². The minimum Gasteiger partial charge on any atom is -0.383 e. The van der Waals surface area contributed by atoms with E-state index >= 15 is 0 Å². The van der Waals surface area contributed by atoms with Gasteiger partial charge in [0.2, 0.25) is 0 Å². The smallest absolute Gasteiger partial charge is 0.0615 e. The van der Waals surface area contributed by atoms with Gasteiger partial charge < -0.3 is 4.74 Å². The van der Waals surface area contributed by atoms with E-state index in [2.05, 4.69) is 18.7 Å². The van der Waals surface area contributed by atoms with Crippen LogP contribution in [0, 0.1) is 0 Å². The predicted octanol–water partition coefficient (Wildman–Crippen LogP) is 1.97. The third-order valence-electron chi connectivity index (χ3n) is 2.02. The van der Waals surface area contributed by atoms with E-state index in [1.165, 1.54) is 0 Å². The summed E-state index contributed by atoms with van der Waals surface area (Å²) in [6.07, 6.45) is 1.06. The number of likely N-dealkylation sites (N-methyl/N-ethyl adjacent to an activating group) is 1. The lowest BCUT2D eigenvalue weighted by atomic mass is 10.3. The van der Waals surface area contributed by atoms with Crippen molar-refractivity contribution in [3.63, 3.8) is 0 Å². The standard InChI is InChI=1S/C9H20ClNO/c1-4-11(7-5-6-10)9(2)8-12-3/h9H,4-8H2,1-3H3. The van der Waals surface area contributed by atoms with Crippen LogP contribution in [0.5, 0.6) is 0 Å². The minimum atomic E-state index is 0.503. The van der Waals surface area contributed by atoms with Crippen LogP contribution in [0.3, 0.4) is 0 Å². The van der Waals surface area contributed by atoms with Crippen molar-refractivity contribution in [1.82, 2.24) is 4.90 Å². The van der Waals surface area contributed by atoms with Gasteiger partial charge in [0, 0.05) is 19.0 Å². The van der Waals surface area contributed by atoms with Gasteiger partial charge in [0.05, 0.1) is 6.61 Å². The van der Waals surface area contributed by atoms with Crippen LogP contribution < -0.4 is 0 Å². The van der Waals surface area contributed by atoms with E-state index < -0.39 is 0 Å². The van der Waals surface area contributed by atoms with E-state index in [1.807, 2.05) is 0 Å². The van der Waals surface area contributed by atoms with E-state index in [1.54, 1.807) is 7.11 Å². The molecule has 0 amide bonds. The molecular formula is C9H20ClNO. The Kier molecular flexibility index (Phi) is 7.98. The highest BCUT2D eigenvalue weighted by molar-refractivity contribution is 6.17. The molecule has 12 heavy (non-hydrogen) atoms. The molecule has 0 aromatic rings. The summed E-state index contributed by atoms with van der Waals surface area (Å²) in [6.45, 7) is 7.30. The Balaban J connectivity index is 3.62. The maximum atomic E-state index is 5.63. The largest absolute Gasteiger partial charge is 0.383 e. The number of hydrogen-bond donors (Lipinski definition) is 0. The van der Waals surface area contributed by atoms with E-state index in [0.717, 1.165) is 32.0 Å². The van der Waals surface area contributed by atoms with Crippen LogP contribution in [0.2, 0.25) is 0 Å². The van der Waals surface area contributed by atoms with Crippen LogP contribution in [0.15, 0.2) is 0 Å². The Labute approximate surface area is 80.8 Å². The molecule has 3 heteroatoms. The minimum absolute atomic E-state index is 0.503. The van der Waals surface area contributed by atoms with Gasteiger partial charge in [-0.05, 0) is 26.4 Å². The normalized spacial score (nSPS) is 13.8. The summed E-state index contributed by atoms with van der Waals surface area (Å²) in [4.78, 5) is 2.38. The summed E-state index contributed by atoms with van der Waals surface area (Å²) < 4.78 is 5.09. The lowest BCUT2D eigenvalue weighted by Gasteiger charge is -2.26. The molecule has 0 saturated heterocycles. The number of rotatable bonds is 7. The molecule has 0 aromatic heterocycles. The molecule has 0 fully saturated rings. The molecule has 0 aliphatic rings. The third-order valence-corrected chi connectivity index (χ3v) is 2.28. The zero-order valence-electron chi connectivity index (χ0n) is 8.35. The quantitative estimate of drug-likeness (QED) is 0.574. The molecular weight excluding hydrogens is 174 g/mol. The molecule has 0 rings (SSSR count). The molecule has 0 aromatic carbocycles. The summed E-state index contributed by atoms with van der Waals surface area (Å²) in [5.41, 5.74) is 0. The van der Waals surface area contributed by atoms with Crippen molar-refractivity contribution in [2.45, 2.75) is 26.3 Å². The molecule has 0 saturated carbocycles. The van der Waals surface area contributed by atoms with Crippen molar-refractivity contribution in [3.05, 3.63) is 0 Å². The van der Waals surface area contributed by atoms with Gasteiger partial charge in [0.15, 0.2) is 0 Å². The molecule has 2 nitrogen and oxygen atoms in total. The van der Waals surface area contributed by atoms with Gasteiger partial charge in [0.25, 0.3) is 0 Å². The SMILES string of the molecule is CCN(CCCCl)C(C)COC. The van der Waals surface area contributed by atoms with E-state index in [-0.39, 0.29) is 0 Å². The highest BCUT2D eigenvalue weighted by Crippen LogP contribution is 2.01. The molecule has 1 unspecified atom stereocenters. The first kappa shape index (κ1) is 12.2. The molecule has 0 N–H and O–H groups in total. The highest BCUT2D eigenvalue weighted by atomic mass is 35.5. The first-order valence-electron chi connectivity index (χ1n) is 4.55. The van der Waals surface area contributed by atoms with E-state index in [9.17, 15) is 0 Å². The second kappa shape index (κ2) is 7.84. The van der Waals surface area contributed by atoms with Crippen molar-refractivity contribution >= 4 is 11.6 Å². The average molecular weight is 194 g/mol. The third kappa shape index (κ3) is 4.96. The first-order valence-corrected chi connectivity index (χ1v) is 5.08. The van der Waals surface area contributed by atoms with Gasteiger partial charge in [-0.3, -0.25) is 4.90 Å². The summed E-state index contributed by atoms with van der Waals surface area (Å²) in [5, 5.41) is 0. The first-order chi connectivity index (χ1) is 5.76. The molecule has 0 radical (unpaired) electrons. The summed E-state index contributed by atoms with van der Waals surface area (Å²) >= 11 is 5.63. The van der Waals surface area contributed by atoms with Crippen LogP contribution in [0.25, 0.3) is 0 Å². The molecule has 1 atom stereocenters. The van der Waals surface area contributed by atoms with Gasteiger partial charge in [-0.1, -0.05) is 6.92 Å².